The van der Waals surface area contributed by atoms with Crippen molar-refractivity contribution in [3.8, 4) is 5.75 Å². The first kappa shape index (κ1) is 11.0. The van der Waals surface area contributed by atoms with Crippen LogP contribution in [0.15, 0.2) is 48.5 Å². The van der Waals surface area contributed by atoms with Gasteiger partial charge in [-0.2, -0.15) is 0 Å². The Hall–Kier alpha value is -1.47. The van der Waals surface area contributed by atoms with Gasteiger partial charge < -0.3 is 4.74 Å². The van der Waals surface area contributed by atoms with Crippen molar-refractivity contribution in [3.63, 3.8) is 0 Å². The lowest BCUT2D eigenvalue weighted by atomic mass is 10.0. The molecule has 2 rings (SSSR count). The van der Waals surface area contributed by atoms with E-state index < -0.39 is 0 Å². The Kier molecular flexibility index (Phi) is 3.47. The summed E-state index contributed by atoms with van der Waals surface area (Å²) in [5.41, 5.74) is 2.34. The van der Waals surface area contributed by atoms with Crippen LogP contribution in [0.2, 0.25) is 5.02 Å². The molecule has 0 saturated carbocycles. The molecule has 0 heterocycles. The van der Waals surface area contributed by atoms with Gasteiger partial charge >= 0.3 is 0 Å². The normalized spacial score (nSPS) is 10.1. The van der Waals surface area contributed by atoms with Crippen LogP contribution in [0.3, 0.4) is 0 Å². The van der Waals surface area contributed by atoms with Gasteiger partial charge in [-0.15, -0.1) is 0 Å². The highest BCUT2D eigenvalue weighted by molar-refractivity contribution is 6.31. The molecular formula is C14H13ClO. The smallest absolute Gasteiger partial charge is 0.119 e. The fraction of sp³-hybridized carbons (Fsp3) is 0.143. The molecule has 0 fully saturated rings. The minimum Gasteiger partial charge on any atom is -0.497 e. The van der Waals surface area contributed by atoms with E-state index in [0.29, 0.717) is 0 Å². The molecule has 82 valence electrons. The molecule has 16 heavy (non-hydrogen) atoms. The molecule has 1 nitrogen and oxygen atoms in total. The molecule has 0 bridgehead atoms. The number of methoxy groups -OCH3 is 1. The molecule has 0 aliphatic carbocycles. The average Bonchev–Trinajstić information content (AvgIpc) is 2.32. The van der Waals surface area contributed by atoms with Gasteiger partial charge in [-0.05, 0) is 35.7 Å². The maximum Gasteiger partial charge on any atom is 0.119 e. The van der Waals surface area contributed by atoms with E-state index in [2.05, 4.69) is 6.07 Å². The third kappa shape index (κ3) is 2.56. The predicted molar refractivity (Wildman–Crippen MR) is 67.3 cm³/mol. The van der Waals surface area contributed by atoms with Crippen molar-refractivity contribution < 1.29 is 4.74 Å². The van der Waals surface area contributed by atoms with Crippen molar-refractivity contribution in [2.24, 2.45) is 0 Å². The van der Waals surface area contributed by atoms with Crippen LogP contribution in [0.5, 0.6) is 5.75 Å². The van der Waals surface area contributed by atoms with Crippen LogP contribution >= 0.6 is 11.6 Å². The van der Waals surface area contributed by atoms with Gasteiger partial charge in [-0.25, -0.2) is 0 Å². The Morgan fingerprint density at radius 2 is 1.88 bits per heavy atom. The first-order valence-corrected chi connectivity index (χ1v) is 5.54. The van der Waals surface area contributed by atoms with Gasteiger partial charge in [0.1, 0.15) is 5.75 Å². The average molecular weight is 233 g/mol. The Morgan fingerprint density at radius 3 is 2.62 bits per heavy atom. The van der Waals surface area contributed by atoms with E-state index in [0.717, 1.165) is 22.8 Å². The summed E-state index contributed by atoms with van der Waals surface area (Å²) in [4.78, 5) is 0. The van der Waals surface area contributed by atoms with E-state index in [4.69, 9.17) is 16.3 Å². The number of hydrogen-bond acceptors (Lipinski definition) is 1. The van der Waals surface area contributed by atoms with E-state index in [1.54, 1.807) is 7.11 Å². The highest BCUT2D eigenvalue weighted by atomic mass is 35.5. The molecule has 0 radical (unpaired) electrons. The van der Waals surface area contributed by atoms with Crippen LogP contribution < -0.4 is 4.74 Å². The van der Waals surface area contributed by atoms with E-state index in [1.165, 1.54) is 5.56 Å². The molecule has 0 spiro atoms. The number of rotatable bonds is 3. The molecule has 0 saturated heterocycles. The monoisotopic (exact) mass is 232 g/mol. The summed E-state index contributed by atoms with van der Waals surface area (Å²) < 4.78 is 5.19. The molecule has 0 aromatic heterocycles. The van der Waals surface area contributed by atoms with Crippen LogP contribution in [0, 0.1) is 0 Å². The first-order valence-electron chi connectivity index (χ1n) is 5.16. The van der Waals surface area contributed by atoms with Crippen LogP contribution in [-0.4, -0.2) is 7.11 Å². The molecular weight excluding hydrogens is 220 g/mol. The quantitative estimate of drug-likeness (QED) is 0.779. The number of hydrogen-bond donors (Lipinski definition) is 0. The Balaban J connectivity index is 2.24. The molecule has 0 aliphatic rings. The number of ether oxygens (including phenoxy) is 1. The van der Waals surface area contributed by atoms with Crippen LogP contribution in [0.1, 0.15) is 11.1 Å². The number of halogens is 1. The summed E-state index contributed by atoms with van der Waals surface area (Å²) >= 11 is 6.12. The fourth-order valence-corrected chi connectivity index (χ4v) is 1.85. The maximum atomic E-state index is 6.12. The van der Waals surface area contributed by atoms with Gasteiger partial charge in [0, 0.05) is 5.02 Å². The van der Waals surface area contributed by atoms with Gasteiger partial charge in [-0.3, -0.25) is 0 Å². The van der Waals surface area contributed by atoms with Crippen molar-refractivity contribution in [3.05, 3.63) is 64.7 Å². The largest absolute Gasteiger partial charge is 0.497 e. The standard InChI is InChI=1S/C14H13ClO/c1-16-13-7-4-5-11(10-13)9-12-6-2-3-8-14(12)15/h2-8,10H,9H2,1H3. The van der Waals surface area contributed by atoms with E-state index in [1.807, 2.05) is 42.5 Å². The van der Waals surface area contributed by atoms with Gasteiger partial charge in [0.25, 0.3) is 0 Å². The second kappa shape index (κ2) is 5.04. The van der Waals surface area contributed by atoms with Crippen molar-refractivity contribution in [1.29, 1.82) is 0 Å². The molecule has 2 heteroatoms. The van der Waals surface area contributed by atoms with Crippen LogP contribution in [0.25, 0.3) is 0 Å². The lowest BCUT2D eigenvalue weighted by molar-refractivity contribution is 0.414. The highest BCUT2D eigenvalue weighted by Crippen LogP contribution is 2.21. The third-order valence-electron chi connectivity index (χ3n) is 2.49. The van der Waals surface area contributed by atoms with Crippen molar-refractivity contribution in [2.45, 2.75) is 6.42 Å². The molecule has 2 aromatic rings. The highest BCUT2D eigenvalue weighted by Gasteiger charge is 2.01. The summed E-state index contributed by atoms with van der Waals surface area (Å²) in [7, 11) is 1.68. The molecule has 0 atom stereocenters. The Labute approximate surface area is 101 Å². The fourth-order valence-electron chi connectivity index (χ4n) is 1.64. The second-order valence-corrected chi connectivity index (χ2v) is 4.03. The lowest BCUT2D eigenvalue weighted by Gasteiger charge is -2.06. The lowest BCUT2D eigenvalue weighted by Crippen LogP contribution is -1.90. The van der Waals surface area contributed by atoms with Crippen molar-refractivity contribution in [2.75, 3.05) is 7.11 Å². The summed E-state index contributed by atoms with van der Waals surface area (Å²) in [6.07, 6.45) is 0.830. The molecule has 0 aliphatic heterocycles. The minimum absolute atomic E-state index is 0.810. The van der Waals surface area contributed by atoms with E-state index >= 15 is 0 Å². The predicted octanol–water partition coefficient (Wildman–Crippen LogP) is 3.94. The zero-order chi connectivity index (χ0) is 11.4. The zero-order valence-corrected chi connectivity index (χ0v) is 9.87. The zero-order valence-electron chi connectivity index (χ0n) is 9.11. The SMILES string of the molecule is COc1cccc(Cc2ccccc2Cl)c1. The van der Waals surface area contributed by atoms with E-state index in [-0.39, 0.29) is 0 Å². The molecule has 0 unspecified atom stereocenters. The topological polar surface area (TPSA) is 9.23 Å². The minimum atomic E-state index is 0.810. The first-order chi connectivity index (χ1) is 7.79. The summed E-state index contributed by atoms with van der Waals surface area (Å²) in [5.74, 6) is 0.879. The van der Waals surface area contributed by atoms with Crippen molar-refractivity contribution >= 4 is 11.6 Å². The maximum absolute atomic E-state index is 6.12. The van der Waals surface area contributed by atoms with Gasteiger partial charge in [0.15, 0.2) is 0 Å². The summed E-state index contributed by atoms with van der Waals surface area (Å²) in [6.45, 7) is 0. The molecule has 0 N–H and O–H groups in total. The summed E-state index contributed by atoms with van der Waals surface area (Å²) in [5, 5.41) is 0.810. The van der Waals surface area contributed by atoms with Crippen molar-refractivity contribution in [1.82, 2.24) is 0 Å². The molecule has 2 aromatic carbocycles. The summed E-state index contributed by atoms with van der Waals surface area (Å²) in [6, 6.07) is 15.9. The number of benzene rings is 2. The third-order valence-corrected chi connectivity index (χ3v) is 2.86. The van der Waals surface area contributed by atoms with Gasteiger partial charge in [0.05, 0.1) is 7.11 Å². The Bertz CT molecular complexity index is 480. The second-order valence-electron chi connectivity index (χ2n) is 3.62. The Morgan fingerprint density at radius 1 is 1.06 bits per heavy atom. The molecule has 0 amide bonds. The van der Waals surface area contributed by atoms with Gasteiger partial charge in [-0.1, -0.05) is 41.9 Å². The van der Waals surface area contributed by atoms with Gasteiger partial charge in [0.2, 0.25) is 0 Å². The van der Waals surface area contributed by atoms with Crippen LogP contribution in [-0.2, 0) is 6.42 Å². The van der Waals surface area contributed by atoms with Crippen LogP contribution in [0.4, 0.5) is 0 Å². The van der Waals surface area contributed by atoms with E-state index in [9.17, 15) is 0 Å².